The second-order valence-corrected chi connectivity index (χ2v) is 4.20. The Kier molecular flexibility index (Phi) is 4.28. The first-order valence-electron chi connectivity index (χ1n) is 6.17. The molecular formula is C14H19N3O2. The van der Waals surface area contributed by atoms with Crippen LogP contribution in [0.4, 0.5) is 5.69 Å². The van der Waals surface area contributed by atoms with Gasteiger partial charge in [0.05, 0.1) is 14.2 Å². The molecule has 0 bridgehead atoms. The second-order valence-electron chi connectivity index (χ2n) is 4.20. The first-order chi connectivity index (χ1) is 9.22. The molecule has 5 nitrogen and oxygen atoms in total. The summed E-state index contributed by atoms with van der Waals surface area (Å²) in [5.41, 5.74) is 0.981. The van der Waals surface area contributed by atoms with Gasteiger partial charge in [-0.2, -0.15) is 0 Å². The molecule has 0 fully saturated rings. The average Bonchev–Trinajstić information content (AvgIpc) is 2.84. The number of nitrogens with zero attached hydrogens (tertiary/aromatic N) is 2. The molecule has 1 aromatic heterocycles. The standard InChI is InChI=1S/C14H19N3O2/c1-11-15-4-6-17(11)7-5-16-12-8-13(18-2)10-14(9-12)19-3/h4,6,8-10,16H,5,7H2,1-3H3. The van der Waals surface area contributed by atoms with E-state index >= 15 is 0 Å². The fraction of sp³-hybridized carbons (Fsp3) is 0.357. The fourth-order valence-corrected chi connectivity index (χ4v) is 1.87. The van der Waals surface area contributed by atoms with Crippen molar-refractivity contribution in [2.24, 2.45) is 0 Å². The van der Waals surface area contributed by atoms with Crippen LogP contribution in [0, 0.1) is 6.92 Å². The van der Waals surface area contributed by atoms with Crippen molar-refractivity contribution in [3.63, 3.8) is 0 Å². The molecule has 1 N–H and O–H groups in total. The van der Waals surface area contributed by atoms with Crippen molar-refractivity contribution < 1.29 is 9.47 Å². The maximum atomic E-state index is 5.23. The number of anilines is 1. The molecule has 2 aromatic rings. The Balaban J connectivity index is 1.97. The van der Waals surface area contributed by atoms with E-state index in [2.05, 4.69) is 14.9 Å². The summed E-state index contributed by atoms with van der Waals surface area (Å²) in [5.74, 6) is 2.58. The number of imidazole rings is 1. The molecule has 19 heavy (non-hydrogen) atoms. The van der Waals surface area contributed by atoms with Crippen molar-refractivity contribution in [2.75, 3.05) is 26.1 Å². The Hall–Kier alpha value is -2.17. The van der Waals surface area contributed by atoms with Gasteiger partial charge in [-0.15, -0.1) is 0 Å². The Bertz CT molecular complexity index is 515. The molecule has 0 aliphatic rings. The number of methoxy groups -OCH3 is 2. The second kappa shape index (κ2) is 6.13. The van der Waals surface area contributed by atoms with E-state index in [1.807, 2.05) is 37.5 Å². The fourth-order valence-electron chi connectivity index (χ4n) is 1.87. The number of nitrogens with one attached hydrogen (secondary N) is 1. The van der Waals surface area contributed by atoms with Gasteiger partial charge in [-0.25, -0.2) is 4.98 Å². The van der Waals surface area contributed by atoms with Crippen molar-refractivity contribution in [1.29, 1.82) is 0 Å². The third-order valence-electron chi connectivity index (χ3n) is 2.96. The summed E-state index contributed by atoms with van der Waals surface area (Å²) in [6, 6.07) is 5.75. The van der Waals surface area contributed by atoms with E-state index < -0.39 is 0 Å². The van der Waals surface area contributed by atoms with E-state index in [0.29, 0.717) is 0 Å². The summed E-state index contributed by atoms with van der Waals surface area (Å²) in [5, 5.41) is 3.35. The zero-order valence-electron chi connectivity index (χ0n) is 11.5. The third-order valence-corrected chi connectivity index (χ3v) is 2.96. The van der Waals surface area contributed by atoms with Gasteiger partial charge in [0.15, 0.2) is 0 Å². The smallest absolute Gasteiger partial charge is 0.124 e. The minimum Gasteiger partial charge on any atom is -0.497 e. The molecule has 5 heteroatoms. The number of aryl methyl sites for hydroxylation is 1. The van der Waals surface area contributed by atoms with Gasteiger partial charge in [0.1, 0.15) is 17.3 Å². The zero-order valence-corrected chi connectivity index (χ0v) is 11.5. The minimum atomic E-state index is 0.778. The monoisotopic (exact) mass is 261 g/mol. The predicted octanol–water partition coefficient (Wildman–Crippen LogP) is 2.32. The van der Waals surface area contributed by atoms with Crippen LogP contribution in [-0.4, -0.2) is 30.3 Å². The van der Waals surface area contributed by atoms with E-state index in [-0.39, 0.29) is 0 Å². The number of hydrogen-bond donors (Lipinski definition) is 1. The average molecular weight is 261 g/mol. The molecule has 0 saturated heterocycles. The van der Waals surface area contributed by atoms with Gasteiger partial charge in [0.2, 0.25) is 0 Å². The third kappa shape index (κ3) is 3.40. The topological polar surface area (TPSA) is 48.3 Å². The molecule has 0 amide bonds. The summed E-state index contributed by atoms with van der Waals surface area (Å²) >= 11 is 0. The SMILES string of the molecule is COc1cc(NCCn2ccnc2C)cc(OC)c1. The first kappa shape index (κ1) is 13.3. The molecule has 0 atom stereocenters. The molecule has 0 aliphatic heterocycles. The highest BCUT2D eigenvalue weighted by Gasteiger charge is 2.02. The number of hydrogen-bond acceptors (Lipinski definition) is 4. The number of benzene rings is 1. The van der Waals surface area contributed by atoms with E-state index in [0.717, 1.165) is 36.1 Å². The molecule has 0 saturated carbocycles. The quantitative estimate of drug-likeness (QED) is 0.867. The Labute approximate surface area is 113 Å². The van der Waals surface area contributed by atoms with E-state index in [9.17, 15) is 0 Å². The maximum Gasteiger partial charge on any atom is 0.124 e. The lowest BCUT2D eigenvalue weighted by atomic mass is 10.2. The number of ether oxygens (including phenoxy) is 2. The van der Waals surface area contributed by atoms with Crippen LogP contribution < -0.4 is 14.8 Å². The normalized spacial score (nSPS) is 10.3. The van der Waals surface area contributed by atoms with Crippen LogP contribution in [0.5, 0.6) is 11.5 Å². The van der Waals surface area contributed by atoms with Crippen LogP contribution in [0.25, 0.3) is 0 Å². The van der Waals surface area contributed by atoms with Crippen LogP contribution in [0.15, 0.2) is 30.6 Å². The largest absolute Gasteiger partial charge is 0.497 e. The minimum absolute atomic E-state index is 0.778. The zero-order chi connectivity index (χ0) is 13.7. The number of rotatable bonds is 6. The van der Waals surface area contributed by atoms with Gasteiger partial charge >= 0.3 is 0 Å². The Morgan fingerprint density at radius 1 is 1.16 bits per heavy atom. The summed E-state index contributed by atoms with van der Waals surface area (Å²) in [6.45, 7) is 3.67. The summed E-state index contributed by atoms with van der Waals surface area (Å²) in [6.07, 6.45) is 3.78. The molecule has 2 rings (SSSR count). The van der Waals surface area contributed by atoms with Gasteiger partial charge in [0.25, 0.3) is 0 Å². The van der Waals surface area contributed by atoms with Gasteiger partial charge < -0.3 is 19.4 Å². The Morgan fingerprint density at radius 2 is 1.84 bits per heavy atom. The van der Waals surface area contributed by atoms with Crippen LogP contribution in [-0.2, 0) is 6.54 Å². The van der Waals surface area contributed by atoms with Crippen molar-refractivity contribution in [3.05, 3.63) is 36.4 Å². The highest BCUT2D eigenvalue weighted by atomic mass is 16.5. The molecule has 0 unspecified atom stereocenters. The van der Waals surface area contributed by atoms with E-state index in [4.69, 9.17) is 9.47 Å². The van der Waals surface area contributed by atoms with Gasteiger partial charge in [0, 0.05) is 49.4 Å². The highest BCUT2D eigenvalue weighted by Crippen LogP contribution is 2.25. The Morgan fingerprint density at radius 3 is 2.37 bits per heavy atom. The molecule has 0 radical (unpaired) electrons. The first-order valence-corrected chi connectivity index (χ1v) is 6.17. The van der Waals surface area contributed by atoms with Gasteiger partial charge in [-0.1, -0.05) is 0 Å². The van der Waals surface area contributed by atoms with Crippen molar-refractivity contribution >= 4 is 5.69 Å². The molecule has 102 valence electrons. The molecule has 0 spiro atoms. The van der Waals surface area contributed by atoms with Crippen LogP contribution in [0.3, 0.4) is 0 Å². The van der Waals surface area contributed by atoms with E-state index in [1.54, 1.807) is 14.2 Å². The highest BCUT2D eigenvalue weighted by molar-refractivity contribution is 5.53. The van der Waals surface area contributed by atoms with Crippen molar-refractivity contribution in [1.82, 2.24) is 9.55 Å². The molecule has 1 heterocycles. The molecule has 1 aromatic carbocycles. The van der Waals surface area contributed by atoms with Crippen LogP contribution >= 0.6 is 0 Å². The number of aromatic nitrogens is 2. The predicted molar refractivity (Wildman–Crippen MR) is 75.0 cm³/mol. The maximum absolute atomic E-state index is 5.23. The molecule has 0 aliphatic carbocycles. The van der Waals surface area contributed by atoms with E-state index in [1.165, 1.54) is 0 Å². The lowest BCUT2D eigenvalue weighted by molar-refractivity contribution is 0.394. The lowest BCUT2D eigenvalue weighted by Crippen LogP contribution is -2.11. The van der Waals surface area contributed by atoms with Gasteiger partial charge in [-0.3, -0.25) is 0 Å². The van der Waals surface area contributed by atoms with Crippen molar-refractivity contribution in [3.8, 4) is 11.5 Å². The van der Waals surface area contributed by atoms with Gasteiger partial charge in [-0.05, 0) is 6.92 Å². The van der Waals surface area contributed by atoms with Crippen LogP contribution in [0.1, 0.15) is 5.82 Å². The van der Waals surface area contributed by atoms with Crippen molar-refractivity contribution in [2.45, 2.75) is 13.5 Å². The lowest BCUT2D eigenvalue weighted by Gasteiger charge is -2.11. The van der Waals surface area contributed by atoms with Crippen LogP contribution in [0.2, 0.25) is 0 Å². The summed E-state index contributed by atoms with van der Waals surface area (Å²) in [4.78, 5) is 4.19. The summed E-state index contributed by atoms with van der Waals surface area (Å²) in [7, 11) is 3.29. The summed E-state index contributed by atoms with van der Waals surface area (Å²) < 4.78 is 12.6. The molecular weight excluding hydrogens is 242 g/mol.